The summed E-state index contributed by atoms with van der Waals surface area (Å²) < 4.78 is 5.80. The van der Waals surface area contributed by atoms with E-state index in [2.05, 4.69) is 18.7 Å². The van der Waals surface area contributed by atoms with Crippen molar-refractivity contribution in [1.82, 2.24) is 4.90 Å². The van der Waals surface area contributed by atoms with E-state index in [-0.39, 0.29) is 29.4 Å². The highest BCUT2D eigenvalue weighted by Gasteiger charge is 2.59. The van der Waals surface area contributed by atoms with Gasteiger partial charge in [0.15, 0.2) is 5.96 Å². The van der Waals surface area contributed by atoms with Gasteiger partial charge < -0.3 is 15.4 Å². The normalized spacial score (nSPS) is 37.3. The summed E-state index contributed by atoms with van der Waals surface area (Å²) in [5, 5.41) is 0. The molecule has 4 nitrogen and oxygen atoms in total. The van der Waals surface area contributed by atoms with E-state index in [1.165, 1.54) is 11.5 Å². The second-order valence-electron chi connectivity index (χ2n) is 6.10. The highest BCUT2D eigenvalue weighted by molar-refractivity contribution is 14.0. The molecule has 2 heterocycles. The van der Waals surface area contributed by atoms with Gasteiger partial charge in [-0.2, -0.15) is 11.8 Å². The molecule has 0 radical (unpaired) electrons. The van der Waals surface area contributed by atoms with E-state index in [1.807, 2.05) is 11.8 Å². The van der Waals surface area contributed by atoms with Crippen molar-refractivity contribution in [3.05, 3.63) is 0 Å². The lowest BCUT2D eigenvalue weighted by Crippen LogP contribution is -2.60. The number of fused-ring (bicyclic) bond motifs is 1. The molecular weight excluding hydrogens is 373 g/mol. The van der Waals surface area contributed by atoms with Crippen molar-refractivity contribution in [2.75, 3.05) is 31.2 Å². The maximum atomic E-state index is 6.19. The molecule has 3 unspecified atom stereocenters. The summed E-state index contributed by atoms with van der Waals surface area (Å²) in [5.74, 6) is 3.68. The minimum atomic E-state index is 0. The molecule has 0 spiro atoms. The number of ether oxygens (including phenoxy) is 1. The van der Waals surface area contributed by atoms with Gasteiger partial charge in [0, 0.05) is 42.5 Å². The second-order valence-corrected chi connectivity index (χ2v) is 7.32. The van der Waals surface area contributed by atoms with Crippen molar-refractivity contribution >= 4 is 41.7 Å². The standard InChI is InChI=1S/C13H23N3OS.HI/c1-13(2)10(9-3-6-17-11(9)13)15-12(14)16-4-7-18-8-5-16;/h9-11H,3-8H2,1-2H3,(H2,14,15);1H. The maximum Gasteiger partial charge on any atom is 0.191 e. The minimum absolute atomic E-state index is 0. The summed E-state index contributed by atoms with van der Waals surface area (Å²) in [6.45, 7) is 7.49. The fourth-order valence-electron chi connectivity index (χ4n) is 3.58. The Kier molecular flexibility index (Phi) is 4.93. The van der Waals surface area contributed by atoms with Gasteiger partial charge >= 0.3 is 0 Å². The highest BCUT2D eigenvalue weighted by atomic mass is 127. The number of rotatable bonds is 1. The molecule has 0 bridgehead atoms. The van der Waals surface area contributed by atoms with E-state index in [0.29, 0.717) is 18.1 Å². The van der Waals surface area contributed by atoms with Crippen LogP contribution in [0.15, 0.2) is 4.99 Å². The summed E-state index contributed by atoms with van der Waals surface area (Å²) in [7, 11) is 0. The van der Waals surface area contributed by atoms with Crippen LogP contribution in [-0.4, -0.2) is 54.2 Å². The van der Waals surface area contributed by atoms with Gasteiger partial charge in [-0.25, -0.2) is 4.99 Å². The number of aliphatic imine (C=N–C) groups is 1. The van der Waals surface area contributed by atoms with Crippen LogP contribution >= 0.6 is 35.7 Å². The van der Waals surface area contributed by atoms with E-state index in [9.17, 15) is 0 Å². The van der Waals surface area contributed by atoms with Crippen LogP contribution in [0.4, 0.5) is 0 Å². The Labute approximate surface area is 136 Å². The number of guanidine groups is 1. The molecule has 1 aliphatic carbocycles. The molecule has 0 aromatic carbocycles. The van der Waals surface area contributed by atoms with Gasteiger partial charge in [-0.3, -0.25) is 0 Å². The predicted octanol–water partition coefficient (Wildman–Crippen LogP) is 1.78. The maximum absolute atomic E-state index is 6.19. The molecule has 0 aromatic heterocycles. The highest BCUT2D eigenvalue weighted by Crippen LogP contribution is 2.53. The monoisotopic (exact) mass is 397 g/mol. The van der Waals surface area contributed by atoms with E-state index >= 15 is 0 Å². The first kappa shape index (κ1) is 15.7. The average Bonchev–Trinajstić information content (AvgIpc) is 2.83. The fourth-order valence-corrected chi connectivity index (χ4v) is 4.48. The van der Waals surface area contributed by atoms with Gasteiger partial charge in [0.2, 0.25) is 0 Å². The van der Waals surface area contributed by atoms with Gasteiger partial charge in [0.05, 0.1) is 12.1 Å². The Hall–Kier alpha value is 0.310. The molecule has 3 rings (SSSR count). The van der Waals surface area contributed by atoms with Crippen LogP contribution in [0, 0.1) is 11.3 Å². The number of halogens is 1. The molecule has 110 valence electrons. The van der Waals surface area contributed by atoms with Crippen molar-refractivity contribution in [3.8, 4) is 0 Å². The van der Waals surface area contributed by atoms with Crippen LogP contribution in [0.3, 0.4) is 0 Å². The molecule has 1 saturated carbocycles. The summed E-state index contributed by atoms with van der Waals surface area (Å²) >= 11 is 2.00. The summed E-state index contributed by atoms with van der Waals surface area (Å²) in [5.41, 5.74) is 6.34. The van der Waals surface area contributed by atoms with Gasteiger partial charge in [-0.1, -0.05) is 13.8 Å². The van der Waals surface area contributed by atoms with Crippen LogP contribution in [-0.2, 0) is 4.74 Å². The second kappa shape index (κ2) is 5.97. The molecular formula is C13H24IN3OS. The first-order valence-corrected chi connectivity index (χ1v) is 8.04. The number of nitrogens with two attached hydrogens (primary N) is 1. The topological polar surface area (TPSA) is 50.8 Å². The lowest BCUT2D eigenvalue weighted by Gasteiger charge is -2.52. The number of hydrogen-bond donors (Lipinski definition) is 1. The fraction of sp³-hybridized carbons (Fsp3) is 0.923. The first-order chi connectivity index (χ1) is 8.60. The van der Waals surface area contributed by atoms with Crippen LogP contribution in [0.1, 0.15) is 20.3 Å². The van der Waals surface area contributed by atoms with Crippen molar-refractivity contribution < 1.29 is 4.74 Å². The minimum Gasteiger partial charge on any atom is -0.377 e. The zero-order valence-electron chi connectivity index (χ0n) is 11.7. The van der Waals surface area contributed by atoms with Crippen LogP contribution in [0.2, 0.25) is 0 Å². The Balaban J connectivity index is 0.00000133. The van der Waals surface area contributed by atoms with Crippen molar-refractivity contribution in [2.45, 2.75) is 32.4 Å². The number of hydrogen-bond acceptors (Lipinski definition) is 3. The molecule has 3 atom stereocenters. The Morgan fingerprint density at radius 3 is 2.74 bits per heavy atom. The van der Waals surface area contributed by atoms with E-state index in [4.69, 9.17) is 15.5 Å². The van der Waals surface area contributed by atoms with Crippen LogP contribution in [0.25, 0.3) is 0 Å². The molecule has 2 saturated heterocycles. The molecule has 3 aliphatic rings. The largest absolute Gasteiger partial charge is 0.377 e. The smallest absolute Gasteiger partial charge is 0.191 e. The predicted molar refractivity (Wildman–Crippen MR) is 91.4 cm³/mol. The molecule has 0 amide bonds. The Morgan fingerprint density at radius 1 is 1.37 bits per heavy atom. The van der Waals surface area contributed by atoms with Gasteiger partial charge in [-0.15, -0.1) is 24.0 Å². The van der Waals surface area contributed by atoms with Gasteiger partial charge in [-0.05, 0) is 6.42 Å². The third-order valence-electron chi connectivity index (χ3n) is 4.65. The summed E-state index contributed by atoms with van der Waals surface area (Å²) in [4.78, 5) is 7.06. The molecule has 2 aliphatic heterocycles. The van der Waals surface area contributed by atoms with Crippen molar-refractivity contribution in [2.24, 2.45) is 22.1 Å². The SMILES string of the molecule is CC1(C)C(N=C(N)N2CCSCC2)C2CCOC21.I. The molecule has 3 fully saturated rings. The molecule has 0 aromatic rings. The summed E-state index contributed by atoms with van der Waals surface area (Å²) in [6.07, 6.45) is 1.54. The zero-order chi connectivity index (χ0) is 12.8. The van der Waals surface area contributed by atoms with Crippen LogP contribution < -0.4 is 5.73 Å². The molecule has 19 heavy (non-hydrogen) atoms. The van der Waals surface area contributed by atoms with E-state index in [0.717, 1.165) is 32.1 Å². The lowest BCUT2D eigenvalue weighted by molar-refractivity contribution is -0.0987. The Morgan fingerprint density at radius 2 is 2.05 bits per heavy atom. The molecule has 2 N–H and O–H groups in total. The number of nitrogens with zero attached hydrogens (tertiary/aromatic N) is 2. The van der Waals surface area contributed by atoms with Crippen LogP contribution in [0.5, 0.6) is 0 Å². The van der Waals surface area contributed by atoms with Crippen molar-refractivity contribution in [3.63, 3.8) is 0 Å². The number of thioether (sulfide) groups is 1. The van der Waals surface area contributed by atoms with E-state index < -0.39 is 0 Å². The third-order valence-corrected chi connectivity index (χ3v) is 5.59. The van der Waals surface area contributed by atoms with Gasteiger partial charge in [0.1, 0.15) is 0 Å². The van der Waals surface area contributed by atoms with Gasteiger partial charge in [0.25, 0.3) is 0 Å². The van der Waals surface area contributed by atoms with E-state index in [1.54, 1.807) is 0 Å². The Bertz CT molecular complexity index is 358. The lowest BCUT2D eigenvalue weighted by atomic mass is 9.57. The third kappa shape index (κ3) is 2.72. The summed E-state index contributed by atoms with van der Waals surface area (Å²) in [6, 6.07) is 0.347. The first-order valence-electron chi connectivity index (χ1n) is 6.88. The average molecular weight is 397 g/mol. The van der Waals surface area contributed by atoms with Crippen molar-refractivity contribution in [1.29, 1.82) is 0 Å². The quantitative estimate of drug-likeness (QED) is 0.417. The molecule has 6 heteroatoms. The zero-order valence-corrected chi connectivity index (χ0v) is 14.8.